The Hall–Kier alpha value is -1.52. The summed E-state index contributed by atoms with van der Waals surface area (Å²) >= 11 is 11.9. The van der Waals surface area contributed by atoms with Crippen molar-refractivity contribution >= 4 is 41.1 Å². The van der Waals surface area contributed by atoms with E-state index in [-0.39, 0.29) is 11.8 Å². The van der Waals surface area contributed by atoms with Gasteiger partial charge in [0.15, 0.2) is 0 Å². The summed E-state index contributed by atoms with van der Waals surface area (Å²) in [6.07, 6.45) is 5.40. The summed E-state index contributed by atoms with van der Waals surface area (Å²) in [5.41, 5.74) is 0.701. The highest BCUT2D eigenvalue weighted by Gasteiger charge is 2.18. The molecule has 0 atom stereocenters. The van der Waals surface area contributed by atoms with Crippen LogP contribution in [0.4, 0.5) is 0 Å². The predicted molar refractivity (Wildman–Crippen MR) is 88.9 cm³/mol. The van der Waals surface area contributed by atoms with Crippen LogP contribution < -0.4 is 5.32 Å². The van der Waals surface area contributed by atoms with Crippen molar-refractivity contribution in [2.45, 2.75) is 19.3 Å². The van der Waals surface area contributed by atoms with Crippen LogP contribution in [-0.4, -0.2) is 36.3 Å². The van der Waals surface area contributed by atoms with Crippen molar-refractivity contribution in [2.75, 3.05) is 19.6 Å². The zero-order valence-electron chi connectivity index (χ0n) is 12.1. The lowest BCUT2D eigenvalue weighted by atomic mass is 10.2. The molecule has 2 rings (SSSR count). The molecule has 0 aromatic heterocycles. The third-order valence-electron chi connectivity index (χ3n) is 3.47. The van der Waals surface area contributed by atoms with Crippen LogP contribution in [-0.2, 0) is 9.59 Å². The summed E-state index contributed by atoms with van der Waals surface area (Å²) in [6.45, 7) is 2.07. The van der Waals surface area contributed by atoms with Gasteiger partial charge in [0.05, 0.1) is 10.0 Å². The summed E-state index contributed by atoms with van der Waals surface area (Å²) in [5.74, 6) is 0.0191. The summed E-state index contributed by atoms with van der Waals surface area (Å²) in [4.78, 5) is 25.0. The van der Waals surface area contributed by atoms with Gasteiger partial charge in [0.2, 0.25) is 11.8 Å². The molecule has 0 bridgehead atoms. The van der Waals surface area contributed by atoms with E-state index in [0.717, 1.165) is 19.4 Å². The lowest BCUT2D eigenvalue weighted by Gasteiger charge is -2.14. The number of carbonyl (C=O) groups is 2. The molecule has 0 radical (unpaired) electrons. The fourth-order valence-corrected chi connectivity index (χ4v) is 2.67. The maximum Gasteiger partial charge on any atom is 0.244 e. The SMILES string of the molecule is O=C(/C=C/c1cccc(Cl)c1Cl)NCCCN1CCCC1=O. The number of carbonyl (C=O) groups excluding carboxylic acids is 2. The van der Waals surface area contributed by atoms with E-state index in [0.29, 0.717) is 35.1 Å². The average Bonchev–Trinajstić information content (AvgIpc) is 2.90. The van der Waals surface area contributed by atoms with Crippen LogP contribution in [0.2, 0.25) is 10.0 Å². The third-order valence-corrected chi connectivity index (χ3v) is 4.30. The van der Waals surface area contributed by atoms with Crippen molar-refractivity contribution in [3.05, 3.63) is 39.9 Å². The molecule has 1 heterocycles. The summed E-state index contributed by atoms with van der Waals surface area (Å²) in [7, 11) is 0. The van der Waals surface area contributed by atoms with Crippen LogP contribution in [0.3, 0.4) is 0 Å². The standard InChI is InChI=1S/C16H18Cl2N2O2/c17-13-5-1-4-12(16(13)18)7-8-14(21)19-9-3-11-20-10-2-6-15(20)22/h1,4-5,7-8H,2-3,6,9-11H2,(H,19,21)/b8-7+. The van der Waals surface area contributed by atoms with Gasteiger partial charge in [0.25, 0.3) is 0 Å². The molecular weight excluding hydrogens is 323 g/mol. The number of nitrogens with zero attached hydrogens (tertiary/aromatic N) is 1. The molecular formula is C16H18Cl2N2O2. The van der Waals surface area contributed by atoms with Gasteiger partial charge in [0, 0.05) is 32.1 Å². The van der Waals surface area contributed by atoms with Gasteiger partial charge in [-0.15, -0.1) is 0 Å². The minimum absolute atomic E-state index is 0.191. The molecule has 4 nitrogen and oxygen atoms in total. The van der Waals surface area contributed by atoms with Crippen molar-refractivity contribution in [3.8, 4) is 0 Å². The summed E-state index contributed by atoms with van der Waals surface area (Å²) in [6, 6.07) is 5.26. The van der Waals surface area contributed by atoms with E-state index in [1.165, 1.54) is 6.08 Å². The predicted octanol–water partition coefficient (Wildman–Crippen LogP) is 3.14. The molecule has 1 aromatic rings. The topological polar surface area (TPSA) is 49.4 Å². The van der Waals surface area contributed by atoms with E-state index in [1.54, 1.807) is 24.3 Å². The molecule has 1 N–H and O–H groups in total. The van der Waals surface area contributed by atoms with Gasteiger partial charge in [-0.2, -0.15) is 0 Å². The largest absolute Gasteiger partial charge is 0.352 e. The van der Waals surface area contributed by atoms with Crippen LogP contribution in [0.5, 0.6) is 0 Å². The zero-order valence-corrected chi connectivity index (χ0v) is 13.7. The second-order valence-corrected chi connectivity index (χ2v) is 5.89. The Morgan fingerprint density at radius 3 is 2.91 bits per heavy atom. The first-order valence-corrected chi connectivity index (χ1v) is 8.01. The maximum atomic E-state index is 11.7. The first-order chi connectivity index (χ1) is 10.6. The molecule has 0 saturated carbocycles. The molecule has 6 heteroatoms. The number of halogens is 2. The van der Waals surface area contributed by atoms with Gasteiger partial charge in [-0.25, -0.2) is 0 Å². The quantitative estimate of drug-likeness (QED) is 0.638. The van der Waals surface area contributed by atoms with Gasteiger partial charge in [0.1, 0.15) is 0 Å². The maximum absolute atomic E-state index is 11.7. The van der Waals surface area contributed by atoms with E-state index in [9.17, 15) is 9.59 Å². The molecule has 2 amide bonds. The average molecular weight is 341 g/mol. The highest BCUT2D eigenvalue weighted by atomic mass is 35.5. The van der Waals surface area contributed by atoms with Gasteiger partial charge < -0.3 is 10.2 Å². The second-order valence-electron chi connectivity index (χ2n) is 5.11. The van der Waals surface area contributed by atoms with Crippen LogP contribution in [0.25, 0.3) is 6.08 Å². The molecule has 1 aromatic carbocycles. The number of hydrogen-bond acceptors (Lipinski definition) is 2. The van der Waals surface area contributed by atoms with Gasteiger partial charge >= 0.3 is 0 Å². The Morgan fingerprint density at radius 2 is 2.18 bits per heavy atom. The minimum Gasteiger partial charge on any atom is -0.352 e. The lowest BCUT2D eigenvalue weighted by Crippen LogP contribution is -2.29. The summed E-state index contributed by atoms with van der Waals surface area (Å²) in [5, 5.41) is 3.68. The van der Waals surface area contributed by atoms with Crippen molar-refractivity contribution in [3.63, 3.8) is 0 Å². The van der Waals surface area contributed by atoms with Crippen molar-refractivity contribution in [1.82, 2.24) is 10.2 Å². The number of amides is 2. The Morgan fingerprint density at radius 1 is 1.36 bits per heavy atom. The molecule has 0 unspecified atom stereocenters. The van der Waals surface area contributed by atoms with Gasteiger partial charge in [-0.05, 0) is 30.5 Å². The van der Waals surface area contributed by atoms with Crippen molar-refractivity contribution < 1.29 is 9.59 Å². The van der Waals surface area contributed by atoms with Crippen LogP contribution in [0, 0.1) is 0 Å². The molecule has 22 heavy (non-hydrogen) atoms. The minimum atomic E-state index is -0.191. The van der Waals surface area contributed by atoms with Crippen molar-refractivity contribution in [1.29, 1.82) is 0 Å². The van der Waals surface area contributed by atoms with Crippen LogP contribution in [0.15, 0.2) is 24.3 Å². The van der Waals surface area contributed by atoms with Gasteiger partial charge in [-0.3, -0.25) is 9.59 Å². The van der Waals surface area contributed by atoms with E-state index >= 15 is 0 Å². The fourth-order valence-electron chi connectivity index (χ4n) is 2.30. The molecule has 1 aliphatic rings. The first kappa shape index (κ1) is 16.8. The summed E-state index contributed by atoms with van der Waals surface area (Å²) < 4.78 is 0. The fraction of sp³-hybridized carbons (Fsp3) is 0.375. The molecule has 0 spiro atoms. The van der Waals surface area contributed by atoms with E-state index in [1.807, 2.05) is 4.90 Å². The first-order valence-electron chi connectivity index (χ1n) is 7.25. The Balaban J connectivity index is 1.72. The lowest BCUT2D eigenvalue weighted by molar-refractivity contribution is -0.127. The van der Waals surface area contributed by atoms with Crippen LogP contribution in [0.1, 0.15) is 24.8 Å². The zero-order chi connectivity index (χ0) is 15.9. The van der Waals surface area contributed by atoms with Crippen LogP contribution >= 0.6 is 23.2 Å². The normalized spacial score (nSPS) is 14.8. The Kier molecular flexibility index (Phi) is 6.28. The smallest absolute Gasteiger partial charge is 0.244 e. The third kappa shape index (κ3) is 4.75. The van der Waals surface area contributed by atoms with E-state index in [4.69, 9.17) is 23.2 Å². The highest BCUT2D eigenvalue weighted by Crippen LogP contribution is 2.26. The highest BCUT2D eigenvalue weighted by molar-refractivity contribution is 6.42. The monoisotopic (exact) mass is 340 g/mol. The van der Waals surface area contributed by atoms with E-state index < -0.39 is 0 Å². The second kappa shape index (κ2) is 8.20. The molecule has 118 valence electrons. The molecule has 0 aliphatic carbocycles. The van der Waals surface area contributed by atoms with Gasteiger partial charge in [-0.1, -0.05) is 35.3 Å². The number of likely N-dealkylation sites (tertiary alicyclic amines) is 1. The number of rotatable bonds is 6. The number of hydrogen-bond donors (Lipinski definition) is 1. The number of nitrogens with one attached hydrogen (secondary N) is 1. The molecule has 1 aliphatic heterocycles. The Labute approximate surface area is 140 Å². The Bertz CT molecular complexity index is 588. The molecule has 1 saturated heterocycles. The number of benzene rings is 1. The molecule has 1 fully saturated rings. The van der Waals surface area contributed by atoms with E-state index in [2.05, 4.69) is 5.32 Å². The van der Waals surface area contributed by atoms with Crippen molar-refractivity contribution in [2.24, 2.45) is 0 Å².